The lowest BCUT2D eigenvalue weighted by molar-refractivity contribution is 1.55. The minimum atomic E-state index is 0.970. The predicted molar refractivity (Wildman–Crippen MR) is 76.8 cm³/mol. The molecule has 0 aliphatic heterocycles. The van der Waals surface area contributed by atoms with E-state index in [4.69, 9.17) is 0 Å². The molecule has 2 aromatic rings. The number of benzene rings is 2. The van der Waals surface area contributed by atoms with Gasteiger partial charge in [0.05, 0.1) is 3.39 Å². The molecule has 80 valence electrons. The Hall–Kier alpha value is -0.860. The van der Waals surface area contributed by atoms with Crippen LogP contribution in [0.4, 0.5) is 0 Å². The van der Waals surface area contributed by atoms with E-state index < -0.39 is 0 Å². The van der Waals surface area contributed by atoms with E-state index in [2.05, 4.69) is 56.1 Å². The van der Waals surface area contributed by atoms with Crippen molar-refractivity contribution in [1.82, 2.24) is 0 Å². The van der Waals surface area contributed by atoms with Gasteiger partial charge in [0.2, 0.25) is 0 Å². The summed E-state index contributed by atoms with van der Waals surface area (Å²) in [6.45, 7) is 0. The van der Waals surface area contributed by atoms with Crippen molar-refractivity contribution < 1.29 is 0 Å². The Morgan fingerprint density at radius 1 is 0.625 bits per heavy atom. The lowest BCUT2D eigenvalue weighted by Gasteiger charge is -2.08. The standard InChI is InChI=1S/C14H10Br2/c15-14(16)13(11-7-3-1-4-8-11)12-9-5-2-6-10-12/h1-10H. The first-order valence-corrected chi connectivity index (χ1v) is 6.54. The van der Waals surface area contributed by atoms with Gasteiger partial charge >= 0.3 is 0 Å². The van der Waals surface area contributed by atoms with E-state index in [1.807, 2.05) is 36.4 Å². The molecule has 16 heavy (non-hydrogen) atoms. The van der Waals surface area contributed by atoms with E-state index in [1.165, 1.54) is 16.7 Å². The monoisotopic (exact) mass is 336 g/mol. The third-order valence-corrected chi connectivity index (χ3v) is 3.11. The molecular weight excluding hydrogens is 328 g/mol. The van der Waals surface area contributed by atoms with Gasteiger partial charge in [0.25, 0.3) is 0 Å². The van der Waals surface area contributed by atoms with Crippen molar-refractivity contribution in [1.29, 1.82) is 0 Å². The van der Waals surface area contributed by atoms with Gasteiger partial charge in [0.15, 0.2) is 0 Å². The summed E-state index contributed by atoms with van der Waals surface area (Å²) in [5.41, 5.74) is 3.55. The fourth-order valence-electron chi connectivity index (χ4n) is 1.59. The van der Waals surface area contributed by atoms with Gasteiger partial charge in [0, 0.05) is 5.57 Å². The Kier molecular flexibility index (Phi) is 3.97. The van der Waals surface area contributed by atoms with E-state index >= 15 is 0 Å². The molecule has 0 radical (unpaired) electrons. The quantitative estimate of drug-likeness (QED) is 0.707. The topological polar surface area (TPSA) is 0 Å². The first kappa shape index (κ1) is 11.6. The van der Waals surface area contributed by atoms with Crippen LogP contribution in [-0.2, 0) is 0 Å². The molecule has 0 bridgehead atoms. The van der Waals surface area contributed by atoms with Crippen LogP contribution in [0.25, 0.3) is 5.57 Å². The fraction of sp³-hybridized carbons (Fsp3) is 0. The maximum Gasteiger partial charge on any atom is 0.0688 e. The SMILES string of the molecule is BrC(Br)=C(c1ccccc1)c1ccccc1. The van der Waals surface area contributed by atoms with Crippen LogP contribution < -0.4 is 0 Å². The molecule has 0 saturated heterocycles. The van der Waals surface area contributed by atoms with Crippen molar-refractivity contribution in [2.75, 3.05) is 0 Å². The Balaban J connectivity index is 2.54. The molecule has 2 heteroatoms. The molecular formula is C14H10Br2. The number of halogens is 2. The largest absolute Gasteiger partial charge is 0.0688 e. The fourth-order valence-corrected chi connectivity index (χ4v) is 2.51. The highest BCUT2D eigenvalue weighted by Crippen LogP contribution is 2.32. The van der Waals surface area contributed by atoms with Crippen molar-refractivity contribution in [3.05, 3.63) is 75.2 Å². The second-order valence-corrected chi connectivity index (χ2v) is 6.02. The normalized spacial score (nSPS) is 9.88. The molecule has 2 aromatic carbocycles. The van der Waals surface area contributed by atoms with Gasteiger partial charge in [-0.3, -0.25) is 0 Å². The zero-order valence-electron chi connectivity index (χ0n) is 8.53. The maximum atomic E-state index is 3.51. The molecule has 0 fully saturated rings. The minimum Gasteiger partial charge on any atom is -0.0622 e. The zero-order chi connectivity index (χ0) is 11.4. The van der Waals surface area contributed by atoms with Crippen LogP contribution in [0.5, 0.6) is 0 Å². The molecule has 0 aliphatic rings. The highest BCUT2D eigenvalue weighted by Gasteiger charge is 2.07. The summed E-state index contributed by atoms with van der Waals surface area (Å²) in [4.78, 5) is 0. The first-order chi connectivity index (χ1) is 7.79. The van der Waals surface area contributed by atoms with E-state index in [1.54, 1.807) is 0 Å². The maximum absolute atomic E-state index is 3.51. The lowest BCUT2D eigenvalue weighted by Crippen LogP contribution is -1.87. The van der Waals surface area contributed by atoms with Crippen LogP contribution in [0, 0.1) is 0 Å². The molecule has 0 nitrogen and oxygen atoms in total. The van der Waals surface area contributed by atoms with Crippen LogP contribution >= 0.6 is 31.9 Å². The van der Waals surface area contributed by atoms with Gasteiger partial charge < -0.3 is 0 Å². The summed E-state index contributed by atoms with van der Waals surface area (Å²) >= 11 is 7.02. The van der Waals surface area contributed by atoms with E-state index in [0.717, 1.165) is 3.39 Å². The molecule has 0 spiro atoms. The summed E-state index contributed by atoms with van der Waals surface area (Å²) in [5, 5.41) is 0. The minimum absolute atomic E-state index is 0.970. The van der Waals surface area contributed by atoms with Crippen LogP contribution in [0.2, 0.25) is 0 Å². The number of hydrogen-bond acceptors (Lipinski definition) is 0. The summed E-state index contributed by atoms with van der Waals surface area (Å²) in [6.07, 6.45) is 0. The van der Waals surface area contributed by atoms with Crippen molar-refractivity contribution in [2.45, 2.75) is 0 Å². The zero-order valence-corrected chi connectivity index (χ0v) is 11.7. The van der Waals surface area contributed by atoms with Crippen molar-refractivity contribution in [2.24, 2.45) is 0 Å². The summed E-state index contributed by atoms with van der Waals surface area (Å²) in [6, 6.07) is 20.6. The average molecular weight is 338 g/mol. The smallest absolute Gasteiger partial charge is 0.0622 e. The molecule has 0 atom stereocenters. The van der Waals surface area contributed by atoms with Gasteiger partial charge in [-0.25, -0.2) is 0 Å². The Labute approximate surface area is 112 Å². The molecule has 0 saturated carbocycles. The molecule has 2 rings (SSSR count). The second kappa shape index (κ2) is 5.46. The first-order valence-electron chi connectivity index (χ1n) is 4.95. The van der Waals surface area contributed by atoms with Crippen molar-refractivity contribution >= 4 is 37.4 Å². The molecule has 0 heterocycles. The number of rotatable bonds is 2. The van der Waals surface area contributed by atoms with Gasteiger partial charge in [-0.15, -0.1) is 0 Å². The highest BCUT2D eigenvalue weighted by atomic mass is 79.9. The van der Waals surface area contributed by atoms with E-state index in [0.29, 0.717) is 0 Å². The van der Waals surface area contributed by atoms with Crippen LogP contribution in [-0.4, -0.2) is 0 Å². The van der Waals surface area contributed by atoms with Gasteiger partial charge in [-0.1, -0.05) is 60.7 Å². The summed E-state index contributed by atoms with van der Waals surface area (Å²) < 4.78 is 0.970. The van der Waals surface area contributed by atoms with Crippen LogP contribution in [0.15, 0.2) is 64.1 Å². The van der Waals surface area contributed by atoms with Gasteiger partial charge in [-0.05, 0) is 43.0 Å². The van der Waals surface area contributed by atoms with E-state index in [-0.39, 0.29) is 0 Å². The average Bonchev–Trinajstić information content (AvgIpc) is 2.31. The molecule has 0 aliphatic carbocycles. The lowest BCUT2D eigenvalue weighted by atomic mass is 10.00. The highest BCUT2D eigenvalue weighted by molar-refractivity contribution is 9.28. The summed E-state index contributed by atoms with van der Waals surface area (Å²) in [5.74, 6) is 0. The third kappa shape index (κ3) is 2.63. The Morgan fingerprint density at radius 3 is 1.31 bits per heavy atom. The third-order valence-electron chi connectivity index (χ3n) is 2.31. The second-order valence-electron chi connectivity index (χ2n) is 3.37. The molecule has 0 unspecified atom stereocenters. The molecule has 0 aromatic heterocycles. The molecule has 0 amide bonds. The van der Waals surface area contributed by atoms with E-state index in [9.17, 15) is 0 Å². The van der Waals surface area contributed by atoms with Gasteiger partial charge in [-0.2, -0.15) is 0 Å². The number of hydrogen-bond donors (Lipinski definition) is 0. The van der Waals surface area contributed by atoms with Crippen molar-refractivity contribution in [3.63, 3.8) is 0 Å². The Morgan fingerprint density at radius 2 is 1.00 bits per heavy atom. The molecule has 0 N–H and O–H groups in total. The predicted octanol–water partition coefficient (Wildman–Crippen LogP) is 5.19. The summed E-state index contributed by atoms with van der Waals surface area (Å²) in [7, 11) is 0. The van der Waals surface area contributed by atoms with Crippen molar-refractivity contribution in [3.8, 4) is 0 Å². The van der Waals surface area contributed by atoms with Crippen LogP contribution in [0.1, 0.15) is 11.1 Å². The van der Waals surface area contributed by atoms with Gasteiger partial charge in [0.1, 0.15) is 0 Å². The van der Waals surface area contributed by atoms with Crippen LogP contribution in [0.3, 0.4) is 0 Å². The Bertz CT molecular complexity index is 441.